The Bertz CT molecular complexity index is 1400. The molecule has 2 heterocycles. The number of sulfonamides is 1. The summed E-state index contributed by atoms with van der Waals surface area (Å²) in [5, 5.41) is 12.7. The number of nitrogens with one attached hydrogen (secondary N) is 2. The van der Waals surface area contributed by atoms with Gasteiger partial charge in [0.15, 0.2) is 8.32 Å². The zero-order valence-corrected chi connectivity index (χ0v) is 26.3. The van der Waals surface area contributed by atoms with Gasteiger partial charge in [-0.2, -0.15) is 5.26 Å². The van der Waals surface area contributed by atoms with Crippen LogP contribution in [-0.4, -0.2) is 41.5 Å². The quantitative estimate of drug-likeness (QED) is 0.437. The number of hydrogen-bond acceptors (Lipinski definition) is 6. The van der Waals surface area contributed by atoms with Crippen molar-refractivity contribution in [3.8, 4) is 11.8 Å². The van der Waals surface area contributed by atoms with Gasteiger partial charge in [-0.05, 0) is 104 Å². The Kier molecular flexibility index (Phi) is 7.96. The molecule has 7 nitrogen and oxygen atoms in total. The van der Waals surface area contributed by atoms with E-state index in [4.69, 9.17) is 9.16 Å². The molecule has 0 unspecified atom stereocenters. The van der Waals surface area contributed by atoms with Crippen molar-refractivity contribution in [3.05, 3.63) is 64.2 Å². The van der Waals surface area contributed by atoms with Crippen molar-refractivity contribution < 1.29 is 17.6 Å². The van der Waals surface area contributed by atoms with Crippen LogP contribution in [0.25, 0.3) is 0 Å². The van der Waals surface area contributed by atoms with E-state index in [2.05, 4.69) is 50.0 Å². The van der Waals surface area contributed by atoms with Crippen molar-refractivity contribution >= 4 is 18.3 Å². The number of fused-ring (bicyclic) bond motifs is 2. The maximum Gasteiger partial charge on any atom is 0.216 e. The van der Waals surface area contributed by atoms with Crippen LogP contribution in [0.5, 0.6) is 5.75 Å². The van der Waals surface area contributed by atoms with Gasteiger partial charge < -0.3 is 14.5 Å². The van der Waals surface area contributed by atoms with E-state index < -0.39 is 18.3 Å². The Balaban J connectivity index is 1.35. The van der Waals surface area contributed by atoms with Crippen molar-refractivity contribution in [1.82, 2.24) is 10.0 Å². The Morgan fingerprint density at radius 2 is 1.90 bits per heavy atom. The fourth-order valence-electron chi connectivity index (χ4n) is 6.02. The van der Waals surface area contributed by atoms with Crippen LogP contribution in [0.1, 0.15) is 80.4 Å². The highest BCUT2D eigenvalue weighted by molar-refractivity contribution is 7.88. The molecule has 9 heteroatoms. The lowest BCUT2D eigenvalue weighted by molar-refractivity contribution is -0.0298. The molecule has 2 aromatic rings. The lowest BCUT2D eigenvalue weighted by Gasteiger charge is -2.48. The first-order valence-corrected chi connectivity index (χ1v) is 19.1. The number of benzene rings is 2. The number of rotatable bonds is 6. The molecule has 1 fully saturated rings. The average molecular weight is 582 g/mol. The number of ether oxygens (including phenoxy) is 1. The molecule has 3 aliphatic rings. The minimum absolute atomic E-state index is 0.0619. The van der Waals surface area contributed by atoms with E-state index >= 15 is 0 Å². The van der Waals surface area contributed by atoms with E-state index in [1.54, 1.807) is 6.07 Å². The van der Waals surface area contributed by atoms with Crippen LogP contribution >= 0.6 is 0 Å². The second-order valence-electron chi connectivity index (χ2n) is 13.4. The fraction of sp³-hybridized carbons (Fsp3) is 0.581. The van der Waals surface area contributed by atoms with E-state index in [1.165, 1.54) is 0 Å². The Labute approximate surface area is 240 Å². The normalized spacial score (nSPS) is 22.6. The highest BCUT2D eigenvalue weighted by Crippen LogP contribution is 2.49. The topological polar surface area (TPSA) is 100 Å². The van der Waals surface area contributed by atoms with Crippen LogP contribution in [0.2, 0.25) is 18.1 Å². The number of piperidine rings is 1. The van der Waals surface area contributed by atoms with Crippen LogP contribution in [0.4, 0.5) is 0 Å². The van der Waals surface area contributed by atoms with Crippen LogP contribution in [0.15, 0.2) is 36.4 Å². The summed E-state index contributed by atoms with van der Waals surface area (Å²) in [5.41, 5.74) is 4.38. The van der Waals surface area contributed by atoms with Gasteiger partial charge in [-0.3, -0.25) is 0 Å². The third-order valence-corrected chi connectivity index (χ3v) is 15.2. The van der Waals surface area contributed by atoms with Gasteiger partial charge in [-0.1, -0.05) is 32.9 Å². The number of hydrogen-bond donors (Lipinski definition) is 2. The molecule has 0 radical (unpaired) electrons. The predicted octanol–water partition coefficient (Wildman–Crippen LogP) is 5.50. The molecule has 40 heavy (non-hydrogen) atoms. The maximum absolute atomic E-state index is 13.3. The van der Waals surface area contributed by atoms with Gasteiger partial charge in [-0.25, -0.2) is 13.1 Å². The SMILES string of the molecule is CC(C)(C)[Si](C)(C)O[C@@H]1CC2(CCNCC2)Oc2ccc(CS(=O)(=O)N[C@@H]3CCc4cc(C#N)ccc4C3)cc21. The first kappa shape index (κ1) is 29.3. The third-order valence-electron chi connectivity index (χ3n) is 9.33. The lowest BCUT2D eigenvalue weighted by Crippen LogP contribution is -2.51. The number of nitrogens with zero attached hydrogens (tertiary/aromatic N) is 1. The zero-order chi connectivity index (χ0) is 28.8. The molecule has 216 valence electrons. The van der Waals surface area contributed by atoms with Crippen molar-refractivity contribution in [2.45, 2.75) is 101 Å². The van der Waals surface area contributed by atoms with Crippen molar-refractivity contribution in [1.29, 1.82) is 5.26 Å². The molecule has 2 aromatic carbocycles. The molecule has 1 aliphatic carbocycles. The van der Waals surface area contributed by atoms with E-state index in [-0.39, 0.29) is 28.5 Å². The third kappa shape index (κ3) is 6.31. The van der Waals surface area contributed by atoms with Gasteiger partial charge in [0.1, 0.15) is 11.4 Å². The van der Waals surface area contributed by atoms with E-state index in [0.717, 1.165) is 73.2 Å². The fourth-order valence-corrected chi connectivity index (χ4v) is 8.71. The summed E-state index contributed by atoms with van der Waals surface area (Å²) < 4.78 is 43.2. The molecule has 2 N–H and O–H groups in total. The highest BCUT2D eigenvalue weighted by Gasteiger charge is 2.46. The monoisotopic (exact) mass is 581 g/mol. The van der Waals surface area contributed by atoms with Crippen molar-refractivity contribution in [3.63, 3.8) is 0 Å². The minimum atomic E-state index is -3.56. The van der Waals surface area contributed by atoms with Crippen LogP contribution in [0.3, 0.4) is 0 Å². The molecule has 0 bridgehead atoms. The second kappa shape index (κ2) is 10.9. The van der Waals surface area contributed by atoms with Gasteiger partial charge in [0.2, 0.25) is 10.0 Å². The molecule has 0 amide bonds. The highest BCUT2D eigenvalue weighted by atomic mass is 32.2. The van der Waals surface area contributed by atoms with Gasteiger partial charge in [0.25, 0.3) is 0 Å². The van der Waals surface area contributed by atoms with Crippen LogP contribution in [0, 0.1) is 11.3 Å². The first-order valence-electron chi connectivity index (χ1n) is 14.5. The molecule has 2 atom stereocenters. The summed E-state index contributed by atoms with van der Waals surface area (Å²) in [6, 6.07) is 13.6. The van der Waals surface area contributed by atoms with Crippen LogP contribution in [-0.2, 0) is 33.0 Å². The zero-order valence-electron chi connectivity index (χ0n) is 24.5. The molecule has 0 aromatic heterocycles. The molecule has 2 aliphatic heterocycles. The minimum Gasteiger partial charge on any atom is -0.487 e. The Hall–Kier alpha value is -2.22. The summed E-state index contributed by atoms with van der Waals surface area (Å²) in [7, 11) is -5.65. The summed E-state index contributed by atoms with van der Waals surface area (Å²) in [5.74, 6) is 0.741. The van der Waals surface area contributed by atoms with Gasteiger partial charge in [0.05, 0.1) is 23.5 Å². The average Bonchev–Trinajstić information content (AvgIpc) is 2.88. The molecular formula is C31H43N3O4SSi. The first-order chi connectivity index (χ1) is 18.8. The van der Waals surface area contributed by atoms with Crippen LogP contribution < -0.4 is 14.8 Å². The van der Waals surface area contributed by atoms with Crippen molar-refractivity contribution in [2.75, 3.05) is 13.1 Å². The van der Waals surface area contributed by atoms with Gasteiger partial charge in [0, 0.05) is 18.0 Å². The van der Waals surface area contributed by atoms with E-state index in [9.17, 15) is 13.7 Å². The molecule has 5 rings (SSSR count). The molecule has 1 saturated heterocycles. The lowest BCUT2D eigenvalue weighted by atomic mass is 9.82. The molecule has 1 spiro atoms. The summed E-state index contributed by atoms with van der Waals surface area (Å²) in [6.07, 6.45) is 4.66. The second-order valence-corrected chi connectivity index (χ2v) is 19.9. The molecule has 0 saturated carbocycles. The summed E-state index contributed by atoms with van der Waals surface area (Å²) in [6.45, 7) is 13.2. The predicted molar refractivity (Wildman–Crippen MR) is 160 cm³/mol. The molecular weight excluding hydrogens is 539 g/mol. The van der Waals surface area contributed by atoms with Gasteiger partial charge in [-0.15, -0.1) is 0 Å². The summed E-state index contributed by atoms with van der Waals surface area (Å²) >= 11 is 0. The Morgan fingerprint density at radius 1 is 1.15 bits per heavy atom. The van der Waals surface area contributed by atoms with Crippen molar-refractivity contribution in [2.24, 2.45) is 0 Å². The standard InChI is InChI=1S/C31H43N3O4SSi/c1-30(2,3)40(4,5)38-29-19-31(12-14-33-15-13-31)37-28-11-7-23(17-27(28)29)21-39(35,36)34-26-10-9-24-16-22(20-32)6-8-25(24)18-26/h6-8,11,16-17,26,29,33-34H,9-10,12-15,18-19,21H2,1-5H3/t26-,29-/m1/s1. The maximum atomic E-state index is 13.3. The Morgan fingerprint density at radius 3 is 2.60 bits per heavy atom. The van der Waals surface area contributed by atoms with E-state index in [1.807, 2.05) is 30.3 Å². The number of aryl methyl sites for hydroxylation is 1. The smallest absolute Gasteiger partial charge is 0.216 e. The van der Waals surface area contributed by atoms with E-state index in [0.29, 0.717) is 12.0 Å². The number of nitriles is 1. The largest absolute Gasteiger partial charge is 0.487 e. The summed E-state index contributed by atoms with van der Waals surface area (Å²) in [4.78, 5) is 0. The van der Waals surface area contributed by atoms with Gasteiger partial charge >= 0.3 is 0 Å².